The number of rotatable bonds is 6. The van der Waals surface area contributed by atoms with E-state index in [1.165, 1.54) is 0 Å². The number of halogens is 2. The first-order valence-electron chi connectivity index (χ1n) is 7.73. The highest BCUT2D eigenvalue weighted by Crippen LogP contribution is 2.31. The van der Waals surface area contributed by atoms with E-state index in [1.54, 1.807) is 42.5 Å². The van der Waals surface area contributed by atoms with E-state index in [0.29, 0.717) is 33.5 Å². The van der Waals surface area contributed by atoms with Crippen molar-refractivity contribution >= 4 is 39.1 Å². The van der Waals surface area contributed by atoms with Crippen LogP contribution in [0.15, 0.2) is 63.5 Å². The third kappa shape index (κ3) is 4.66. The maximum absolute atomic E-state index is 12.0. The van der Waals surface area contributed by atoms with Gasteiger partial charge in [-0.05, 0) is 54.6 Å². The molecule has 134 valence electrons. The van der Waals surface area contributed by atoms with Crippen molar-refractivity contribution in [3.8, 4) is 17.1 Å². The first kappa shape index (κ1) is 18.5. The topological polar surface area (TPSA) is 71.7 Å². The van der Waals surface area contributed by atoms with Gasteiger partial charge in [0.15, 0.2) is 6.61 Å². The number of furan rings is 1. The van der Waals surface area contributed by atoms with Gasteiger partial charge in [-0.2, -0.15) is 0 Å². The van der Waals surface area contributed by atoms with E-state index >= 15 is 0 Å². The van der Waals surface area contributed by atoms with Crippen LogP contribution in [0.3, 0.4) is 0 Å². The lowest BCUT2D eigenvalue weighted by Gasteiger charge is -2.09. The molecule has 0 bridgehead atoms. The maximum atomic E-state index is 12.0. The second kappa shape index (κ2) is 8.40. The van der Waals surface area contributed by atoms with Gasteiger partial charge in [-0.25, -0.2) is 0 Å². The van der Waals surface area contributed by atoms with Crippen molar-refractivity contribution in [2.24, 2.45) is 0 Å². The molecule has 2 aromatic carbocycles. The van der Waals surface area contributed by atoms with Gasteiger partial charge < -0.3 is 19.6 Å². The number of nitrogens with one attached hydrogen (secondary N) is 1. The van der Waals surface area contributed by atoms with Crippen molar-refractivity contribution in [2.45, 2.75) is 6.61 Å². The molecular formula is C19H15BrClNO4. The van der Waals surface area contributed by atoms with E-state index < -0.39 is 0 Å². The Labute approximate surface area is 163 Å². The maximum Gasteiger partial charge on any atom is 0.262 e. The molecular weight excluding hydrogens is 422 g/mol. The number of anilines is 1. The number of ether oxygens (including phenoxy) is 1. The number of hydrogen-bond donors (Lipinski definition) is 2. The van der Waals surface area contributed by atoms with Crippen LogP contribution in [0, 0.1) is 0 Å². The molecule has 3 aromatic rings. The van der Waals surface area contributed by atoms with Crippen molar-refractivity contribution in [2.75, 3.05) is 11.9 Å². The number of carbonyl (C=O) groups is 1. The fourth-order valence-electron chi connectivity index (χ4n) is 2.28. The molecule has 3 rings (SSSR count). The summed E-state index contributed by atoms with van der Waals surface area (Å²) in [7, 11) is 0. The predicted molar refractivity (Wildman–Crippen MR) is 103 cm³/mol. The van der Waals surface area contributed by atoms with Gasteiger partial charge in [0.2, 0.25) is 0 Å². The average Bonchev–Trinajstić information content (AvgIpc) is 3.10. The van der Waals surface area contributed by atoms with Crippen LogP contribution in [0.2, 0.25) is 5.02 Å². The second-order valence-electron chi connectivity index (χ2n) is 5.41. The summed E-state index contributed by atoms with van der Waals surface area (Å²) in [6.45, 7) is -0.289. The van der Waals surface area contributed by atoms with Crippen LogP contribution < -0.4 is 10.1 Å². The molecule has 0 unspecified atom stereocenters. The summed E-state index contributed by atoms with van der Waals surface area (Å²) < 4.78 is 11.8. The third-order valence-corrected chi connectivity index (χ3v) is 4.36. The smallest absolute Gasteiger partial charge is 0.262 e. The van der Waals surface area contributed by atoms with Gasteiger partial charge in [-0.3, -0.25) is 4.79 Å². The number of aliphatic hydroxyl groups excluding tert-OH is 1. The third-order valence-electron chi connectivity index (χ3n) is 3.52. The fourth-order valence-corrected chi connectivity index (χ4v) is 2.82. The van der Waals surface area contributed by atoms with E-state index in [9.17, 15) is 4.79 Å². The molecule has 26 heavy (non-hydrogen) atoms. The summed E-state index contributed by atoms with van der Waals surface area (Å²) in [5, 5.41) is 12.2. The van der Waals surface area contributed by atoms with Crippen molar-refractivity contribution in [1.29, 1.82) is 0 Å². The number of amides is 1. The van der Waals surface area contributed by atoms with Crippen molar-refractivity contribution < 1.29 is 19.1 Å². The molecule has 1 amide bonds. The van der Waals surface area contributed by atoms with Crippen molar-refractivity contribution in [3.63, 3.8) is 0 Å². The fraction of sp³-hybridized carbons (Fsp3) is 0.105. The molecule has 7 heteroatoms. The Hall–Kier alpha value is -2.28. The summed E-state index contributed by atoms with van der Waals surface area (Å²) in [5.74, 6) is 1.32. The van der Waals surface area contributed by atoms with Gasteiger partial charge in [0.1, 0.15) is 23.9 Å². The zero-order valence-electron chi connectivity index (χ0n) is 13.5. The molecule has 0 spiro atoms. The minimum atomic E-state index is -0.294. The summed E-state index contributed by atoms with van der Waals surface area (Å²) in [5.41, 5.74) is 1.23. The number of hydrogen-bond acceptors (Lipinski definition) is 4. The Bertz CT molecular complexity index is 908. The van der Waals surface area contributed by atoms with Crippen LogP contribution in [-0.4, -0.2) is 17.6 Å². The lowest BCUT2D eigenvalue weighted by molar-refractivity contribution is -0.118. The van der Waals surface area contributed by atoms with Gasteiger partial charge in [0.25, 0.3) is 5.91 Å². The summed E-state index contributed by atoms with van der Waals surface area (Å²) >= 11 is 9.62. The Morgan fingerprint density at radius 3 is 2.58 bits per heavy atom. The molecule has 0 aliphatic heterocycles. The highest BCUT2D eigenvalue weighted by molar-refractivity contribution is 9.10. The molecule has 0 aliphatic carbocycles. The normalized spacial score (nSPS) is 10.6. The lowest BCUT2D eigenvalue weighted by atomic mass is 10.1. The molecule has 1 heterocycles. The molecule has 0 saturated heterocycles. The van der Waals surface area contributed by atoms with Crippen molar-refractivity contribution in [3.05, 3.63) is 69.9 Å². The van der Waals surface area contributed by atoms with Crippen molar-refractivity contribution in [1.82, 2.24) is 0 Å². The van der Waals surface area contributed by atoms with E-state index in [4.69, 9.17) is 25.9 Å². The van der Waals surface area contributed by atoms with Gasteiger partial charge in [-0.15, -0.1) is 0 Å². The van der Waals surface area contributed by atoms with E-state index in [1.807, 2.05) is 12.1 Å². The van der Waals surface area contributed by atoms with E-state index in [-0.39, 0.29) is 19.1 Å². The molecule has 5 nitrogen and oxygen atoms in total. The molecule has 0 saturated carbocycles. The summed E-state index contributed by atoms with van der Waals surface area (Å²) in [4.78, 5) is 12.0. The second-order valence-corrected chi connectivity index (χ2v) is 6.73. The van der Waals surface area contributed by atoms with E-state index in [2.05, 4.69) is 21.2 Å². The molecule has 0 atom stereocenters. The number of aliphatic hydroxyl groups is 1. The molecule has 2 N–H and O–H groups in total. The molecule has 1 aromatic heterocycles. The Balaban J connectivity index is 1.61. The van der Waals surface area contributed by atoms with Crippen LogP contribution in [0.25, 0.3) is 11.3 Å². The minimum Gasteiger partial charge on any atom is -0.484 e. The predicted octanol–water partition coefficient (Wildman–Crippen LogP) is 4.87. The van der Waals surface area contributed by atoms with Gasteiger partial charge in [0.05, 0.1) is 5.02 Å². The summed E-state index contributed by atoms with van der Waals surface area (Å²) in [6.07, 6.45) is 0. The highest BCUT2D eigenvalue weighted by atomic mass is 79.9. The molecule has 0 fully saturated rings. The van der Waals surface area contributed by atoms with Gasteiger partial charge >= 0.3 is 0 Å². The zero-order chi connectivity index (χ0) is 18.5. The quantitative estimate of drug-likeness (QED) is 0.578. The molecule has 0 radical (unpaired) electrons. The van der Waals surface area contributed by atoms with E-state index in [0.717, 1.165) is 4.47 Å². The highest BCUT2D eigenvalue weighted by Gasteiger charge is 2.11. The summed E-state index contributed by atoms with van der Waals surface area (Å²) in [6, 6.07) is 15.7. The van der Waals surface area contributed by atoms with Crippen LogP contribution >= 0.6 is 27.5 Å². The lowest BCUT2D eigenvalue weighted by Crippen LogP contribution is -2.20. The van der Waals surface area contributed by atoms with Crippen LogP contribution in [0.5, 0.6) is 5.75 Å². The van der Waals surface area contributed by atoms with Crippen LogP contribution in [-0.2, 0) is 11.4 Å². The number of carbonyl (C=O) groups excluding carboxylic acids is 1. The monoisotopic (exact) mass is 435 g/mol. The standard InChI is InChI=1S/C19H15BrClNO4/c20-12-1-4-14(5-2-12)25-11-19(24)22-13-3-7-16(17(21)9-13)18-8-6-15(10-23)26-18/h1-9,23H,10-11H2,(H,22,24). The minimum absolute atomic E-state index is 0.112. The SMILES string of the molecule is O=C(COc1ccc(Br)cc1)Nc1ccc(-c2ccc(CO)o2)c(Cl)c1. The molecule has 0 aliphatic rings. The zero-order valence-corrected chi connectivity index (χ0v) is 15.9. The first-order valence-corrected chi connectivity index (χ1v) is 8.90. The van der Waals surface area contributed by atoms with Crippen LogP contribution in [0.1, 0.15) is 5.76 Å². The number of benzene rings is 2. The Morgan fingerprint density at radius 1 is 1.15 bits per heavy atom. The largest absolute Gasteiger partial charge is 0.484 e. The average molecular weight is 437 g/mol. The Kier molecular flexibility index (Phi) is 5.98. The van der Waals surface area contributed by atoms with Gasteiger partial charge in [0, 0.05) is 15.7 Å². The van der Waals surface area contributed by atoms with Crippen LogP contribution in [0.4, 0.5) is 5.69 Å². The first-order chi connectivity index (χ1) is 12.5. The Morgan fingerprint density at radius 2 is 1.92 bits per heavy atom. The van der Waals surface area contributed by atoms with Gasteiger partial charge in [-0.1, -0.05) is 27.5 Å².